The summed E-state index contributed by atoms with van der Waals surface area (Å²) in [5, 5.41) is 0. The third-order valence-corrected chi connectivity index (χ3v) is 12.2. The van der Waals surface area contributed by atoms with E-state index in [1.165, 1.54) is 0 Å². The van der Waals surface area contributed by atoms with Crippen molar-refractivity contribution in [1.29, 1.82) is 0 Å². The van der Waals surface area contributed by atoms with Gasteiger partial charge < -0.3 is 4.79 Å². The molecule has 60 valence electrons. The first kappa shape index (κ1) is 13.3. The van der Waals surface area contributed by atoms with Gasteiger partial charge in [-0.2, -0.15) is 0 Å². The Morgan fingerprint density at radius 1 is 1.10 bits per heavy atom. The van der Waals surface area contributed by atoms with Crippen LogP contribution in [0.1, 0.15) is 6.42 Å². The van der Waals surface area contributed by atoms with Gasteiger partial charge in [0.1, 0.15) is 7.15 Å². The maximum absolute atomic E-state index is 10.2. The Bertz CT molecular complexity index is 126. The maximum atomic E-state index is 10.2. The number of hydrogen-bond acceptors (Lipinski definition) is 1. The molecule has 0 saturated carbocycles. The average Bonchev–Trinajstić information content (AvgIpc) is 1.61. The second kappa shape index (κ2) is 5.26. The highest BCUT2D eigenvalue weighted by Gasteiger charge is 2.41. The standard InChI is InChI=1S/C4H3I5O/c5-3(6,1-2-10)4(7,8)9/h2H,1H2. The zero-order chi connectivity index (χ0) is 8.41. The molecule has 0 amide bonds. The van der Waals surface area contributed by atoms with Crippen molar-refractivity contribution in [3.63, 3.8) is 0 Å². The van der Waals surface area contributed by atoms with E-state index >= 15 is 0 Å². The lowest BCUT2D eigenvalue weighted by Gasteiger charge is -2.27. The largest absolute Gasteiger partial charge is 0.303 e. The van der Waals surface area contributed by atoms with Crippen LogP contribution in [-0.4, -0.2) is 7.15 Å². The van der Waals surface area contributed by atoms with Gasteiger partial charge in [0, 0.05) is 6.42 Å². The maximum Gasteiger partial charge on any atom is 0.148 e. The molecule has 0 rings (SSSR count). The van der Waals surface area contributed by atoms with Crippen molar-refractivity contribution in [2.75, 3.05) is 0 Å². The van der Waals surface area contributed by atoms with Gasteiger partial charge in [0.05, 0.1) is 0 Å². The van der Waals surface area contributed by atoms with E-state index in [0.29, 0.717) is 6.42 Å². The predicted octanol–water partition coefficient (Wildman–Crippen LogP) is 4.10. The van der Waals surface area contributed by atoms with Crippen LogP contribution in [0.5, 0.6) is 0 Å². The minimum absolute atomic E-state index is 0.0198. The smallest absolute Gasteiger partial charge is 0.148 e. The second-order valence-corrected chi connectivity index (χ2v) is 18.4. The van der Waals surface area contributed by atoms with Crippen molar-refractivity contribution < 1.29 is 4.79 Å². The Hall–Kier alpha value is 3.32. The minimum atomic E-state index is 0.0198. The molecule has 0 unspecified atom stereocenters. The van der Waals surface area contributed by atoms with Crippen LogP contribution in [0, 0.1) is 0 Å². The van der Waals surface area contributed by atoms with Crippen molar-refractivity contribution in [2.24, 2.45) is 0 Å². The molecule has 10 heavy (non-hydrogen) atoms. The predicted molar refractivity (Wildman–Crippen MR) is 86.2 cm³/mol. The lowest BCUT2D eigenvalue weighted by Crippen LogP contribution is -2.27. The number of carbonyl (C=O) groups excluding carboxylic acids is 1. The second-order valence-electron chi connectivity index (χ2n) is 1.57. The Morgan fingerprint density at radius 3 is 1.60 bits per heavy atom. The summed E-state index contributed by atoms with van der Waals surface area (Å²) in [6.45, 7) is 0. The molecule has 0 heterocycles. The number of aldehydes is 1. The van der Waals surface area contributed by atoms with Crippen LogP contribution >= 0.6 is 113 Å². The van der Waals surface area contributed by atoms with Gasteiger partial charge in [-0.3, -0.25) is 0 Å². The van der Waals surface area contributed by atoms with E-state index in [-0.39, 0.29) is 0.864 Å². The summed E-state index contributed by atoms with van der Waals surface area (Å²) in [6.07, 6.45) is 1.58. The van der Waals surface area contributed by atoms with Crippen molar-refractivity contribution in [3.05, 3.63) is 0 Å². The van der Waals surface area contributed by atoms with Gasteiger partial charge >= 0.3 is 0 Å². The van der Waals surface area contributed by atoms with E-state index in [1.807, 2.05) is 0 Å². The molecule has 6 heteroatoms. The number of hydrogen-bond donors (Lipinski definition) is 0. The van der Waals surface area contributed by atoms with E-state index in [4.69, 9.17) is 0 Å². The number of halogens is 5. The molecule has 0 N–H and O–H groups in total. The van der Waals surface area contributed by atoms with Crippen LogP contribution < -0.4 is 0 Å². The van der Waals surface area contributed by atoms with Gasteiger partial charge in [-0.25, -0.2) is 0 Å². The first-order valence-corrected chi connectivity index (χ1v) is 7.59. The molecule has 0 radical (unpaired) electrons. The topological polar surface area (TPSA) is 17.1 Å². The molecule has 1 nitrogen and oxygen atoms in total. The highest BCUT2D eigenvalue weighted by molar-refractivity contribution is 14.3. The normalized spacial score (nSPS) is 13.3. The molecule has 0 aliphatic carbocycles. The van der Waals surface area contributed by atoms with Gasteiger partial charge in [-0.1, -0.05) is 113 Å². The van der Waals surface area contributed by atoms with Crippen molar-refractivity contribution in [2.45, 2.75) is 7.28 Å². The van der Waals surface area contributed by atoms with Gasteiger partial charge in [-0.15, -0.1) is 0 Å². The molecule has 0 bridgehead atoms. The first-order chi connectivity index (χ1) is 4.31. The molecule has 0 aromatic carbocycles. The molecule has 0 aliphatic heterocycles. The highest BCUT2D eigenvalue weighted by Crippen LogP contribution is 2.55. The van der Waals surface area contributed by atoms with Gasteiger partial charge in [0.25, 0.3) is 0 Å². The minimum Gasteiger partial charge on any atom is -0.303 e. The monoisotopic (exact) mass is 702 g/mol. The summed E-state index contributed by atoms with van der Waals surface area (Å²) in [4.78, 5) is 10.2. The summed E-state index contributed by atoms with van der Waals surface area (Å²) in [5.41, 5.74) is 0. The van der Waals surface area contributed by atoms with Crippen LogP contribution in [0.15, 0.2) is 0 Å². The summed E-state index contributed by atoms with van der Waals surface area (Å²) < 4.78 is 0.119. The van der Waals surface area contributed by atoms with Gasteiger partial charge in [0.15, 0.2) is 0 Å². The lowest BCUT2D eigenvalue weighted by molar-refractivity contribution is -0.107. The highest BCUT2D eigenvalue weighted by atomic mass is 127. The van der Waals surface area contributed by atoms with Crippen molar-refractivity contribution >= 4 is 119 Å². The summed E-state index contributed by atoms with van der Waals surface area (Å²) in [6, 6.07) is 0. The van der Waals surface area contributed by atoms with Crippen LogP contribution in [0.25, 0.3) is 0 Å². The number of carbonyl (C=O) groups is 1. The Morgan fingerprint density at radius 2 is 1.50 bits per heavy atom. The number of rotatable bonds is 3. The van der Waals surface area contributed by atoms with Crippen LogP contribution in [0.4, 0.5) is 0 Å². The Balaban J connectivity index is 4.23. The Kier molecular flexibility index (Phi) is 7.01. The molecular formula is C4H3I5O. The zero-order valence-electron chi connectivity index (χ0n) is 4.58. The van der Waals surface area contributed by atoms with E-state index in [9.17, 15) is 4.79 Å². The first-order valence-electron chi connectivity index (χ1n) is 2.19. The van der Waals surface area contributed by atoms with E-state index < -0.39 is 0 Å². The molecule has 0 atom stereocenters. The molecule has 0 aromatic heterocycles. The van der Waals surface area contributed by atoms with Crippen LogP contribution in [0.2, 0.25) is 0 Å². The van der Waals surface area contributed by atoms with E-state index in [1.54, 1.807) is 0 Å². The molecule has 0 aromatic rings. The van der Waals surface area contributed by atoms with Gasteiger partial charge in [0.2, 0.25) is 0 Å². The van der Waals surface area contributed by atoms with Crippen molar-refractivity contribution in [1.82, 2.24) is 0 Å². The SMILES string of the molecule is O=CCC(I)(I)C(I)(I)I. The Labute approximate surface area is 128 Å². The third-order valence-electron chi connectivity index (χ3n) is 0.754. The molecule has 0 fully saturated rings. The lowest BCUT2D eigenvalue weighted by atomic mass is 10.4. The number of alkyl halides is 5. The molecule has 0 aliphatic rings. The third kappa shape index (κ3) is 4.53. The van der Waals surface area contributed by atoms with E-state index in [2.05, 4.69) is 113 Å². The molecule has 0 saturated heterocycles. The fraction of sp³-hybridized carbons (Fsp3) is 0.750. The molecule has 0 spiro atoms. The van der Waals surface area contributed by atoms with Crippen LogP contribution in [0.3, 0.4) is 0 Å². The fourth-order valence-electron chi connectivity index (χ4n) is 0.220. The quantitative estimate of drug-likeness (QED) is 0.246. The summed E-state index contributed by atoms with van der Waals surface area (Å²) in [7, 11) is 0. The average molecular weight is 702 g/mol. The summed E-state index contributed by atoms with van der Waals surface area (Å²) >= 11 is 11.7. The zero-order valence-corrected chi connectivity index (χ0v) is 15.4. The van der Waals surface area contributed by atoms with Crippen molar-refractivity contribution in [3.8, 4) is 0 Å². The fourth-order valence-corrected chi connectivity index (χ4v) is 1.24. The van der Waals surface area contributed by atoms with Crippen LogP contribution in [-0.2, 0) is 4.79 Å². The summed E-state index contributed by atoms with van der Waals surface area (Å²) in [5.74, 6) is 0. The molecular weight excluding hydrogens is 699 g/mol. The van der Waals surface area contributed by atoms with E-state index in [0.717, 1.165) is 6.29 Å². The van der Waals surface area contributed by atoms with Gasteiger partial charge in [-0.05, 0) is 0 Å².